The molecule has 0 bridgehead atoms. The average molecular weight is 208 g/mol. The van der Waals surface area contributed by atoms with Gasteiger partial charge in [0.2, 0.25) is 0 Å². The van der Waals surface area contributed by atoms with E-state index < -0.39 is 36.7 Å². The van der Waals surface area contributed by atoms with E-state index in [1.54, 1.807) is 0 Å². The van der Waals surface area contributed by atoms with Gasteiger partial charge in [-0.25, -0.2) is 4.79 Å². The molecule has 0 saturated carbocycles. The molecule has 7 nitrogen and oxygen atoms in total. The van der Waals surface area contributed by atoms with Crippen LogP contribution in [0, 0.1) is 0 Å². The van der Waals surface area contributed by atoms with Gasteiger partial charge in [-0.1, -0.05) is 0 Å². The van der Waals surface area contributed by atoms with Gasteiger partial charge in [0, 0.05) is 0 Å². The van der Waals surface area contributed by atoms with Crippen molar-refractivity contribution in [2.75, 3.05) is 13.7 Å². The third-order valence-corrected chi connectivity index (χ3v) is 1.56. The largest absolute Gasteiger partial charge is 0.463 e. The molecule has 0 saturated heterocycles. The number of esters is 1. The summed E-state index contributed by atoms with van der Waals surface area (Å²) in [4.78, 5) is 21.4. The molecule has 0 spiro atoms. The number of carbonyl (C=O) groups excluding carboxylic acids is 2. The van der Waals surface area contributed by atoms with Crippen molar-refractivity contribution < 1.29 is 34.8 Å². The Morgan fingerprint density at radius 3 is 2.14 bits per heavy atom. The molecule has 0 amide bonds. The van der Waals surface area contributed by atoms with Crippen LogP contribution < -0.4 is 0 Å². The molecular formula is C7H12O7. The van der Waals surface area contributed by atoms with Crippen molar-refractivity contribution in [3.05, 3.63) is 0 Å². The number of carbonyl (C=O) groups is 2. The van der Waals surface area contributed by atoms with Crippen LogP contribution in [0.1, 0.15) is 0 Å². The molecule has 0 aromatic heterocycles. The molecule has 0 fully saturated rings. The second kappa shape index (κ2) is 5.66. The van der Waals surface area contributed by atoms with Crippen LogP contribution in [0.25, 0.3) is 0 Å². The highest BCUT2D eigenvalue weighted by Gasteiger charge is 2.34. The van der Waals surface area contributed by atoms with Crippen molar-refractivity contribution >= 4 is 11.8 Å². The van der Waals surface area contributed by atoms with Crippen LogP contribution in [0.5, 0.6) is 0 Å². The molecule has 82 valence electrons. The van der Waals surface area contributed by atoms with E-state index in [1.165, 1.54) is 0 Å². The number of aliphatic hydroxyl groups is 4. The number of ketones is 1. The minimum absolute atomic E-state index is 0.841. The van der Waals surface area contributed by atoms with Crippen LogP contribution in [0.2, 0.25) is 0 Å². The fourth-order valence-corrected chi connectivity index (χ4v) is 0.695. The van der Waals surface area contributed by atoms with Crippen LogP contribution in [-0.4, -0.2) is 64.2 Å². The maximum atomic E-state index is 10.9. The predicted molar refractivity (Wildman–Crippen MR) is 42.1 cm³/mol. The van der Waals surface area contributed by atoms with Crippen LogP contribution in [0.15, 0.2) is 0 Å². The van der Waals surface area contributed by atoms with Crippen molar-refractivity contribution in [2.45, 2.75) is 18.3 Å². The molecule has 0 aliphatic carbocycles. The summed E-state index contributed by atoms with van der Waals surface area (Å²) < 4.78 is 3.99. The Kier molecular flexibility index (Phi) is 5.24. The first-order valence-corrected chi connectivity index (χ1v) is 3.73. The molecule has 0 aliphatic heterocycles. The summed E-state index contributed by atoms with van der Waals surface area (Å²) in [6.07, 6.45) is -5.73. The third kappa shape index (κ3) is 3.04. The van der Waals surface area contributed by atoms with E-state index in [1.807, 2.05) is 0 Å². The lowest BCUT2D eigenvalue weighted by Gasteiger charge is -2.19. The Balaban J connectivity index is 4.38. The highest BCUT2D eigenvalue weighted by Crippen LogP contribution is 2.02. The van der Waals surface area contributed by atoms with E-state index in [-0.39, 0.29) is 0 Å². The van der Waals surface area contributed by atoms with Gasteiger partial charge >= 0.3 is 5.97 Å². The molecule has 0 radical (unpaired) electrons. The van der Waals surface area contributed by atoms with Gasteiger partial charge in [-0.05, 0) is 0 Å². The summed E-state index contributed by atoms with van der Waals surface area (Å²) in [7, 11) is 0.932. The fraction of sp³-hybridized carbons (Fsp3) is 0.714. The number of hydrogen-bond acceptors (Lipinski definition) is 7. The quantitative estimate of drug-likeness (QED) is 0.277. The molecule has 7 heteroatoms. The van der Waals surface area contributed by atoms with Crippen LogP contribution in [0.4, 0.5) is 0 Å². The van der Waals surface area contributed by atoms with Crippen molar-refractivity contribution in [3.63, 3.8) is 0 Å². The normalized spacial score (nSPS) is 16.9. The van der Waals surface area contributed by atoms with Crippen molar-refractivity contribution in [3.8, 4) is 0 Å². The fourth-order valence-electron chi connectivity index (χ4n) is 0.695. The maximum absolute atomic E-state index is 10.9. The van der Waals surface area contributed by atoms with Gasteiger partial charge in [-0.3, -0.25) is 4.79 Å². The summed E-state index contributed by atoms with van der Waals surface area (Å²) in [5, 5.41) is 35.2. The number of ether oxygens (including phenoxy) is 1. The van der Waals surface area contributed by atoms with Crippen molar-refractivity contribution in [2.24, 2.45) is 0 Å². The molecule has 0 heterocycles. The first kappa shape index (κ1) is 13.0. The topological polar surface area (TPSA) is 124 Å². The zero-order valence-electron chi connectivity index (χ0n) is 7.45. The van der Waals surface area contributed by atoms with E-state index in [0.29, 0.717) is 0 Å². The Bertz CT molecular complexity index is 214. The zero-order chi connectivity index (χ0) is 11.3. The second-order valence-corrected chi connectivity index (χ2v) is 2.54. The summed E-state index contributed by atoms with van der Waals surface area (Å²) >= 11 is 0. The lowest BCUT2D eigenvalue weighted by atomic mass is 10.1. The van der Waals surface area contributed by atoms with Crippen LogP contribution >= 0.6 is 0 Å². The van der Waals surface area contributed by atoms with Crippen LogP contribution in [0.3, 0.4) is 0 Å². The van der Waals surface area contributed by atoms with Gasteiger partial charge in [0.1, 0.15) is 12.2 Å². The monoisotopic (exact) mass is 208 g/mol. The predicted octanol–water partition coefficient (Wildman–Crippen LogP) is -3.20. The van der Waals surface area contributed by atoms with E-state index in [0.717, 1.165) is 7.11 Å². The maximum Gasteiger partial charge on any atom is 0.377 e. The SMILES string of the molecule is COC(=O)C(=O)[C@H](O)[C@@H](O)[C@H](O)CO. The van der Waals surface area contributed by atoms with Gasteiger partial charge in [-0.15, -0.1) is 0 Å². The second-order valence-electron chi connectivity index (χ2n) is 2.54. The van der Waals surface area contributed by atoms with E-state index in [2.05, 4.69) is 4.74 Å². The molecule has 4 N–H and O–H groups in total. The summed E-state index contributed by atoms with van der Waals surface area (Å²) in [5.41, 5.74) is 0. The van der Waals surface area contributed by atoms with Crippen molar-refractivity contribution in [1.82, 2.24) is 0 Å². The Morgan fingerprint density at radius 1 is 1.29 bits per heavy atom. The van der Waals surface area contributed by atoms with Gasteiger partial charge < -0.3 is 25.2 Å². The van der Waals surface area contributed by atoms with E-state index >= 15 is 0 Å². The van der Waals surface area contributed by atoms with Gasteiger partial charge in [0.05, 0.1) is 13.7 Å². The average Bonchev–Trinajstić information content (AvgIpc) is 2.23. The molecule has 0 unspecified atom stereocenters. The van der Waals surface area contributed by atoms with E-state index in [9.17, 15) is 9.59 Å². The molecular weight excluding hydrogens is 196 g/mol. The number of Topliss-reactive ketones (excluding diaryl/α,β-unsaturated/α-hetero) is 1. The highest BCUT2D eigenvalue weighted by atomic mass is 16.5. The number of hydrogen-bond donors (Lipinski definition) is 4. The molecule has 0 aromatic carbocycles. The Morgan fingerprint density at radius 2 is 1.79 bits per heavy atom. The summed E-state index contributed by atoms with van der Waals surface area (Å²) in [5.74, 6) is -2.71. The Labute approximate surface area is 79.5 Å². The standard InChI is InChI=1S/C7H12O7/c1-14-7(13)6(12)5(11)4(10)3(9)2-8/h3-5,8-11H,2H2,1H3/t3-,4+,5-/m1/s1. The van der Waals surface area contributed by atoms with Crippen LogP contribution in [-0.2, 0) is 14.3 Å². The minimum Gasteiger partial charge on any atom is -0.463 e. The lowest BCUT2D eigenvalue weighted by Crippen LogP contribution is -2.46. The zero-order valence-corrected chi connectivity index (χ0v) is 7.45. The van der Waals surface area contributed by atoms with E-state index in [4.69, 9.17) is 20.4 Å². The van der Waals surface area contributed by atoms with Gasteiger partial charge in [0.25, 0.3) is 5.78 Å². The Hall–Kier alpha value is -1.02. The molecule has 14 heavy (non-hydrogen) atoms. The lowest BCUT2D eigenvalue weighted by molar-refractivity contribution is -0.161. The molecule has 0 rings (SSSR count). The number of rotatable bonds is 5. The van der Waals surface area contributed by atoms with Gasteiger partial charge in [0.15, 0.2) is 6.10 Å². The smallest absolute Gasteiger partial charge is 0.377 e. The molecule has 0 aliphatic rings. The van der Waals surface area contributed by atoms with Gasteiger partial charge in [-0.2, -0.15) is 0 Å². The first-order chi connectivity index (χ1) is 6.45. The minimum atomic E-state index is -2.11. The number of aliphatic hydroxyl groups excluding tert-OH is 4. The number of methoxy groups -OCH3 is 1. The summed E-state index contributed by atoms with van der Waals surface area (Å²) in [6.45, 7) is -0.841. The molecule has 3 atom stereocenters. The summed E-state index contributed by atoms with van der Waals surface area (Å²) in [6, 6.07) is 0. The first-order valence-electron chi connectivity index (χ1n) is 3.73. The van der Waals surface area contributed by atoms with Crippen molar-refractivity contribution in [1.29, 1.82) is 0 Å². The highest BCUT2D eigenvalue weighted by molar-refractivity contribution is 6.35. The molecule has 0 aromatic rings. The third-order valence-electron chi connectivity index (χ3n) is 1.56.